The zero-order valence-electron chi connectivity index (χ0n) is 21.6. The molecule has 1 rings (SSSR count). The molecule has 1 aromatic rings. The summed E-state index contributed by atoms with van der Waals surface area (Å²) in [7, 11) is 4.94. The van der Waals surface area contributed by atoms with Crippen LogP contribution in [0.25, 0.3) is 0 Å². The summed E-state index contributed by atoms with van der Waals surface area (Å²) in [6.07, 6.45) is 1.93. The molecule has 190 valence electrons. The van der Waals surface area contributed by atoms with Gasteiger partial charge in [0.25, 0.3) is 0 Å². The number of hydrogen-bond acceptors (Lipinski definition) is 6. The summed E-state index contributed by atoms with van der Waals surface area (Å²) in [5, 5.41) is 13.5. The first-order chi connectivity index (χ1) is 15.6. The third-order valence-corrected chi connectivity index (χ3v) is 6.37. The first-order valence-electron chi connectivity index (χ1n) is 12.1. The molecule has 0 aromatic heterocycles. The van der Waals surface area contributed by atoms with Crippen LogP contribution in [0.2, 0.25) is 0 Å². The number of carbonyl (C=O) groups is 1. The van der Waals surface area contributed by atoms with Gasteiger partial charge in [-0.3, -0.25) is 4.79 Å². The van der Waals surface area contributed by atoms with Gasteiger partial charge in [-0.15, -0.1) is 0 Å². The maximum absolute atomic E-state index is 12.2. The predicted octanol–water partition coefficient (Wildman–Crippen LogP) is 3.41. The number of hydrogen-bond donors (Lipinski definition) is 3. The lowest BCUT2D eigenvalue weighted by Gasteiger charge is -2.30. The van der Waals surface area contributed by atoms with Crippen molar-refractivity contribution in [1.29, 1.82) is 0 Å². The van der Waals surface area contributed by atoms with Crippen molar-refractivity contribution >= 4 is 5.91 Å². The summed E-state index contributed by atoms with van der Waals surface area (Å²) < 4.78 is 16.5. The molecule has 0 aliphatic rings. The zero-order valence-corrected chi connectivity index (χ0v) is 21.6. The minimum Gasteiger partial charge on any atom is -0.493 e. The highest BCUT2D eigenvalue weighted by atomic mass is 16.5. The average molecular weight is 467 g/mol. The van der Waals surface area contributed by atoms with E-state index in [0.29, 0.717) is 37.7 Å². The Hall–Kier alpha value is -1.83. The van der Waals surface area contributed by atoms with E-state index in [9.17, 15) is 9.90 Å². The smallest absolute Gasteiger partial charge is 0.223 e. The highest BCUT2D eigenvalue weighted by molar-refractivity contribution is 5.78. The van der Waals surface area contributed by atoms with Gasteiger partial charge in [0.1, 0.15) is 0 Å². The van der Waals surface area contributed by atoms with Crippen molar-refractivity contribution in [2.24, 2.45) is 29.4 Å². The lowest BCUT2D eigenvalue weighted by atomic mass is 9.81. The van der Waals surface area contributed by atoms with Crippen LogP contribution in [-0.4, -0.2) is 57.6 Å². The molecule has 0 saturated carbocycles. The van der Waals surface area contributed by atoms with Gasteiger partial charge < -0.3 is 30.4 Å². The van der Waals surface area contributed by atoms with Gasteiger partial charge in [0, 0.05) is 39.1 Å². The molecular weight excluding hydrogens is 420 g/mol. The average Bonchev–Trinajstić information content (AvgIpc) is 2.78. The van der Waals surface area contributed by atoms with E-state index in [-0.39, 0.29) is 23.7 Å². The normalized spacial score (nSPS) is 15.2. The summed E-state index contributed by atoms with van der Waals surface area (Å²) in [6.45, 7) is 9.55. The Labute approximate surface area is 200 Å². The number of aliphatic hydroxyl groups is 1. The maximum atomic E-state index is 12.2. The highest BCUT2D eigenvalue weighted by Gasteiger charge is 2.29. The van der Waals surface area contributed by atoms with E-state index in [1.807, 2.05) is 26.0 Å². The van der Waals surface area contributed by atoms with Crippen LogP contribution in [0.4, 0.5) is 0 Å². The summed E-state index contributed by atoms with van der Waals surface area (Å²) in [4.78, 5) is 12.2. The molecule has 33 heavy (non-hydrogen) atoms. The Balaban J connectivity index is 2.85. The van der Waals surface area contributed by atoms with Crippen molar-refractivity contribution in [1.82, 2.24) is 5.32 Å². The SMILES string of the molecule is CNC(=O)[C@@H](C[C@H](O)[C@@H](N)C[C@H](Cc1ccc(OC)c(OCCCOC)c1)C(C)C)C(C)C. The summed E-state index contributed by atoms with van der Waals surface area (Å²) in [5.41, 5.74) is 7.57. The van der Waals surface area contributed by atoms with Crippen molar-refractivity contribution in [3.63, 3.8) is 0 Å². The number of nitrogens with two attached hydrogens (primary N) is 1. The Morgan fingerprint density at radius 2 is 1.76 bits per heavy atom. The summed E-state index contributed by atoms with van der Waals surface area (Å²) in [5.74, 6) is 1.93. The molecule has 7 nitrogen and oxygen atoms in total. The molecule has 4 N–H and O–H groups in total. The second-order valence-corrected chi connectivity index (χ2v) is 9.56. The van der Waals surface area contributed by atoms with E-state index in [4.69, 9.17) is 19.9 Å². The van der Waals surface area contributed by atoms with E-state index in [0.717, 1.165) is 24.2 Å². The molecule has 0 fully saturated rings. The number of benzene rings is 1. The monoisotopic (exact) mass is 466 g/mol. The van der Waals surface area contributed by atoms with Crippen LogP contribution in [0.5, 0.6) is 11.5 Å². The minimum atomic E-state index is -0.730. The quantitative estimate of drug-likeness (QED) is 0.323. The van der Waals surface area contributed by atoms with E-state index >= 15 is 0 Å². The molecule has 0 radical (unpaired) electrons. The molecule has 1 aromatic carbocycles. The molecule has 0 aliphatic carbocycles. The van der Waals surface area contributed by atoms with E-state index < -0.39 is 12.1 Å². The fourth-order valence-electron chi connectivity index (χ4n) is 4.05. The predicted molar refractivity (Wildman–Crippen MR) is 133 cm³/mol. The van der Waals surface area contributed by atoms with Gasteiger partial charge in [-0.2, -0.15) is 0 Å². The molecule has 0 unspecified atom stereocenters. The molecule has 0 spiro atoms. The van der Waals surface area contributed by atoms with Crippen molar-refractivity contribution in [2.75, 3.05) is 34.5 Å². The van der Waals surface area contributed by atoms with Gasteiger partial charge in [0.2, 0.25) is 5.91 Å². The van der Waals surface area contributed by atoms with Crippen LogP contribution in [0.3, 0.4) is 0 Å². The van der Waals surface area contributed by atoms with Gasteiger partial charge in [-0.05, 0) is 54.7 Å². The van der Waals surface area contributed by atoms with Gasteiger partial charge in [-0.25, -0.2) is 0 Å². The second-order valence-electron chi connectivity index (χ2n) is 9.56. The Morgan fingerprint density at radius 1 is 1.06 bits per heavy atom. The maximum Gasteiger partial charge on any atom is 0.223 e. The van der Waals surface area contributed by atoms with Gasteiger partial charge in [0.15, 0.2) is 11.5 Å². The fraction of sp³-hybridized carbons (Fsp3) is 0.731. The molecule has 4 atom stereocenters. The molecule has 0 bridgehead atoms. The van der Waals surface area contributed by atoms with Crippen LogP contribution >= 0.6 is 0 Å². The van der Waals surface area contributed by atoms with Crippen LogP contribution in [0.15, 0.2) is 18.2 Å². The number of amides is 1. The van der Waals surface area contributed by atoms with Crippen LogP contribution < -0.4 is 20.5 Å². The van der Waals surface area contributed by atoms with E-state index in [1.54, 1.807) is 21.3 Å². The van der Waals surface area contributed by atoms with Crippen molar-refractivity contribution < 1.29 is 24.1 Å². The van der Waals surface area contributed by atoms with E-state index in [1.165, 1.54) is 0 Å². The topological polar surface area (TPSA) is 103 Å². The van der Waals surface area contributed by atoms with Crippen LogP contribution in [-0.2, 0) is 16.0 Å². The molecule has 0 heterocycles. The summed E-state index contributed by atoms with van der Waals surface area (Å²) >= 11 is 0. The van der Waals surface area contributed by atoms with Gasteiger partial charge in [0.05, 0.1) is 19.8 Å². The van der Waals surface area contributed by atoms with Gasteiger partial charge >= 0.3 is 0 Å². The zero-order chi connectivity index (χ0) is 25.0. The first-order valence-corrected chi connectivity index (χ1v) is 12.1. The first kappa shape index (κ1) is 29.2. The Bertz CT molecular complexity index is 695. The molecule has 0 saturated heterocycles. The number of ether oxygens (including phenoxy) is 3. The van der Waals surface area contributed by atoms with Crippen molar-refractivity contribution in [3.8, 4) is 11.5 Å². The third kappa shape index (κ3) is 9.90. The Morgan fingerprint density at radius 3 is 2.30 bits per heavy atom. The fourth-order valence-corrected chi connectivity index (χ4v) is 4.05. The van der Waals surface area contributed by atoms with Gasteiger partial charge in [-0.1, -0.05) is 33.8 Å². The van der Waals surface area contributed by atoms with Crippen molar-refractivity contribution in [2.45, 2.75) is 65.5 Å². The lowest BCUT2D eigenvalue weighted by Crippen LogP contribution is -2.42. The minimum absolute atomic E-state index is 0.0482. The van der Waals surface area contributed by atoms with E-state index in [2.05, 4.69) is 25.2 Å². The lowest BCUT2D eigenvalue weighted by molar-refractivity contribution is -0.127. The molecule has 0 aliphatic heterocycles. The Kier molecular flexibility index (Phi) is 13.4. The number of nitrogens with one attached hydrogen (secondary N) is 1. The third-order valence-electron chi connectivity index (χ3n) is 6.37. The number of rotatable bonds is 16. The summed E-state index contributed by atoms with van der Waals surface area (Å²) in [6, 6.07) is 5.62. The molecule has 7 heteroatoms. The van der Waals surface area contributed by atoms with Crippen LogP contribution in [0.1, 0.15) is 52.5 Å². The van der Waals surface area contributed by atoms with Crippen LogP contribution in [0, 0.1) is 23.7 Å². The number of aliphatic hydroxyl groups excluding tert-OH is 1. The van der Waals surface area contributed by atoms with Crippen molar-refractivity contribution in [3.05, 3.63) is 23.8 Å². The largest absolute Gasteiger partial charge is 0.493 e. The second kappa shape index (κ2) is 15.1. The standard InChI is InChI=1S/C26H46N2O5/c1-17(2)20(15-22(27)23(29)16-21(18(3)4)26(30)28-5)13-19-9-10-24(32-7)25(14-19)33-12-8-11-31-6/h9-10,14,17-18,20-23,29H,8,11-13,15-16,27H2,1-7H3,(H,28,30)/t20-,21-,22-,23-/m0/s1. The number of methoxy groups -OCH3 is 2. The number of carbonyl (C=O) groups excluding carboxylic acids is 1. The molecule has 1 amide bonds. The molecular formula is C26H46N2O5. The highest BCUT2D eigenvalue weighted by Crippen LogP contribution is 2.31.